The Morgan fingerprint density at radius 1 is 1.30 bits per heavy atom. The number of hydrogen-bond acceptors (Lipinski definition) is 4. The minimum absolute atomic E-state index is 0.0554. The molecule has 120 valence electrons. The number of nitriles is 1. The van der Waals surface area contributed by atoms with Gasteiger partial charge in [0.2, 0.25) is 5.91 Å². The van der Waals surface area contributed by atoms with Crippen molar-refractivity contribution in [1.29, 1.82) is 5.26 Å². The molecule has 1 aromatic carbocycles. The highest BCUT2D eigenvalue weighted by atomic mass is 32.1. The number of halogens is 1. The molecule has 2 aromatic rings. The quantitative estimate of drug-likeness (QED) is 0.848. The van der Waals surface area contributed by atoms with E-state index in [9.17, 15) is 9.18 Å². The smallest absolute Gasteiger partial charge is 0.238 e. The van der Waals surface area contributed by atoms with Crippen LogP contribution in [0.25, 0.3) is 0 Å². The monoisotopic (exact) mass is 331 g/mol. The molecule has 0 unspecified atom stereocenters. The maximum Gasteiger partial charge on any atom is 0.238 e. The van der Waals surface area contributed by atoms with Crippen LogP contribution in [0.15, 0.2) is 35.7 Å². The summed E-state index contributed by atoms with van der Waals surface area (Å²) in [7, 11) is 0. The molecule has 1 atom stereocenters. The number of carbonyl (C=O) groups excluding carboxylic acids is 1. The first-order valence-electron chi connectivity index (χ1n) is 7.27. The minimum Gasteiger partial charge on any atom is -0.315 e. The first-order chi connectivity index (χ1) is 11.0. The molecule has 0 aliphatic carbocycles. The zero-order chi connectivity index (χ0) is 16.8. The highest BCUT2D eigenvalue weighted by molar-refractivity contribution is 7.14. The van der Waals surface area contributed by atoms with Gasteiger partial charge >= 0.3 is 0 Å². The number of carbonyl (C=O) groups is 1. The van der Waals surface area contributed by atoms with E-state index in [-0.39, 0.29) is 30.2 Å². The average Bonchev–Trinajstić information content (AvgIpc) is 2.96. The second kappa shape index (κ2) is 7.86. The van der Waals surface area contributed by atoms with Gasteiger partial charge in [-0.05, 0) is 35.1 Å². The molecule has 23 heavy (non-hydrogen) atoms. The SMILES string of the molecule is CC(C)[C@H](NCC(=O)Nc1sccc1C#N)c1ccc(F)cc1. The Kier molecular flexibility index (Phi) is 5.85. The van der Waals surface area contributed by atoms with Crippen LogP contribution in [0.4, 0.5) is 9.39 Å². The van der Waals surface area contributed by atoms with E-state index < -0.39 is 0 Å². The second-order valence-corrected chi connectivity index (χ2v) is 6.39. The Labute approximate surface area is 139 Å². The minimum atomic E-state index is -0.282. The number of rotatable bonds is 6. The van der Waals surface area contributed by atoms with Crippen molar-refractivity contribution in [2.24, 2.45) is 5.92 Å². The molecule has 0 aliphatic heterocycles. The molecule has 1 amide bonds. The molecule has 1 aromatic heterocycles. The van der Waals surface area contributed by atoms with Crippen LogP contribution < -0.4 is 10.6 Å². The van der Waals surface area contributed by atoms with Crippen molar-refractivity contribution in [1.82, 2.24) is 5.32 Å². The van der Waals surface area contributed by atoms with Gasteiger partial charge in [0.05, 0.1) is 12.1 Å². The average molecular weight is 331 g/mol. The summed E-state index contributed by atoms with van der Waals surface area (Å²) in [5, 5.41) is 17.2. The highest BCUT2D eigenvalue weighted by Gasteiger charge is 2.17. The first kappa shape index (κ1) is 17.1. The maximum atomic E-state index is 13.0. The number of nitrogens with zero attached hydrogens (tertiary/aromatic N) is 1. The van der Waals surface area contributed by atoms with Crippen molar-refractivity contribution >= 4 is 22.2 Å². The fraction of sp³-hybridized carbons (Fsp3) is 0.294. The van der Waals surface area contributed by atoms with Gasteiger partial charge in [-0.2, -0.15) is 5.26 Å². The lowest BCUT2D eigenvalue weighted by Gasteiger charge is -2.22. The lowest BCUT2D eigenvalue weighted by molar-refractivity contribution is -0.115. The van der Waals surface area contributed by atoms with Gasteiger partial charge in [-0.3, -0.25) is 4.79 Å². The molecule has 1 heterocycles. The van der Waals surface area contributed by atoms with Gasteiger partial charge in [0.1, 0.15) is 16.9 Å². The number of nitrogens with one attached hydrogen (secondary N) is 2. The molecular formula is C17H18FN3OS. The van der Waals surface area contributed by atoms with Crippen LogP contribution in [0.5, 0.6) is 0 Å². The van der Waals surface area contributed by atoms with Gasteiger partial charge in [0, 0.05) is 6.04 Å². The van der Waals surface area contributed by atoms with Gasteiger partial charge in [0.15, 0.2) is 0 Å². The summed E-state index contributed by atoms with van der Waals surface area (Å²) >= 11 is 1.32. The summed E-state index contributed by atoms with van der Waals surface area (Å²) in [5.41, 5.74) is 1.39. The van der Waals surface area contributed by atoms with Crippen LogP contribution in [0, 0.1) is 23.1 Å². The Balaban J connectivity index is 1.97. The molecule has 2 N–H and O–H groups in total. The maximum absolute atomic E-state index is 13.0. The van der Waals surface area contributed by atoms with Crippen LogP contribution in [-0.2, 0) is 4.79 Å². The number of benzene rings is 1. The Morgan fingerprint density at radius 3 is 2.61 bits per heavy atom. The van der Waals surface area contributed by atoms with Gasteiger partial charge in [0.25, 0.3) is 0 Å². The van der Waals surface area contributed by atoms with E-state index in [0.717, 1.165) is 5.56 Å². The third-order valence-electron chi connectivity index (χ3n) is 3.42. The molecule has 0 saturated heterocycles. The molecule has 0 saturated carbocycles. The van der Waals surface area contributed by atoms with E-state index in [1.165, 1.54) is 23.5 Å². The van der Waals surface area contributed by atoms with Crippen LogP contribution in [0.1, 0.15) is 31.0 Å². The third-order valence-corrected chi connectivity index (χ3v) is 4.25. The van der Waals surface area contributed by atoms with E-state index in [4.69, 9.17) is 5.26 Å². The summed E-state index contributed by atoms with van der Waals surface area (Å²) in [4.78, 5) is 12.1. The topological polar surface area (TPSA) is 64.9 Å². The van der Waals surface area contributed by atoms with Crippen LogP contribution in [0.3, 0.4) is 0 Å². The molecule has 0 bridgehead atoms. The molecule has 4 nitrogen and oxygen atoms in total. The van der Waals surface area contributed by atoms with Gasteiger partial charge in [-0.15, -0.1) is 11.3 Å². The summed E-state index contributed by atoms with van der Waals surface area (Å²) in [6.45, 7) is 4.18. The number of amides is 1. The van der Waals surface area contributed by atoms with Gasteiger partial charge in [-0.1, -0.05) is 26.0 Å². The van der Waals surface area contributed by atoms with Crippen molar-refractivity contribution in [3.8, 4) is 6.07 Å². The highest BCUT2D eigenvalue weighted by Crippen LogP contribution is 2.23. The number of thiophene rings is 1. The van der Waals surface area contributed by atoms with Gasteiger partial charge in [-0.25, -0.2) is 4.39 Å². The molecular weight excluding hydrogens is 313 g/mol. The van der Waals surface area contributed by atoms with Crippen molar-refractivity contribution in [2.75, 3.05) is 11.9 Å². The van der Waals surface area contributed by atoms with E-state index in [1.54, 1.807) is 23.6 Å². The Morgan fingerprint density at radius 2 is 2.00 bits per heavy atom. The molecule has 0 radical (unpaired) electrons. The molecule has 2 rings (SSSR count). The van der Waals surface area contributed by atoms with Crippen molar-refractivity contribution in [3.63, 3.8) is 0 Å². The zero-order valence-corrected chi connectivity index (χ0v) is 13.8. The largest absolute Gasteiger partial charge is 0.315 e. The predicted octanol–water partition coefficient (Wildman–Crippen LogP) is 3.68. The van der Waals surface area contributed by atoms with Crippen LogP contribution >= 0.6 is 11.3 Å². The fourth-order valence-corrected chi connectivity index (χ4v) is 3.03. The number of hydrogen-bond donors (Lipinski definition) is 2. The van der Waals surface area contributed by atoms with Gasteiger partial charge < -0.3 is 10.6 Å². The number of anilines is 1. The van der Waals surface area contributed by atoms with E-state index in [1.807, 2.05) is 19.9 Å². The lowest BCUT2D eigenvalue weighted by Crippen LogP contribution is -2.33. The normalized spacial score (nSPS) is 12.0. The van der Waals surface area contributed by atoms with Crippen molar-refractivity contribution in [2.45, 2.75) is 19.9 Å². The Bertz CT molecular complexity index is 703. The summed E-state index contributed by atoms with van der Waals surface area (Å²) in [6, 6.07) is 9.92. The van der Waals surface area contributed by atoms with Crippen molar-refractivity contribution < 1.29 is 9.18 Å². The molecule has 6 heteroatoms. The summed E-state index contributed by atoms with van der Waals surface area (Å²) < 4.78 is 13.0. The van der Waals surface area contributed by atoms with E-state index in [0.29, 0.717) is 10.6 Å². The standard InChI is InChI=1S/C17H18FN3OS/c1-11(2)16(12-3-5-14(18)6-4-12)20-10-15(22)21-17-13(9-19)7-8-23-17/h3-8,11,16,20H,10H2,1-2H3,(H,21,22)/t16-/m0/s1. The molecule has 0 spiro atoms. The lowest BCUT2D eigenvalue weighted by atomic mass is 9.96. The predicted molar refractivity (Wildman–Crippen MR) is 89.6 cm³/mol. The Hall–Kier alpha value is -2.23. The summed E-state index contributed by atoms with van der Waals surface area (Å²) in [6.07, 6.45) is 0. The molecule has 0 aliphatic rings. The first-order valence-corrected chi connectivity index (χ1v) is 8.15. The second-order valence-electron chi connectivity index (χ2n) is 5.48. The molecule has 0 fully saturated rings. The summed E-state index contributed by atoms with van der Waals surface area (Å²) in [5.74, 6) is -0.253. The van der Waals surface area contributed by atoms with Crippen molar-refractivity contribution in [3.05, 3.63) is 52.7 Å². The zero-order valence-electron chi connectivity index (χ0n) is 13.0. The third kappa shape index (κ3) is 4.62. The fourth-order valence-electron chi connectivity index (χ4n) is 2.28. The van der Waals surface area contributed by atoms with E-state index >= 15 is 0 Å². The van der Waals surface area contributed by atoms with Crippen LogP contribution in [0.2, 0.25) is 0 Å². The van der Waals surface area contributed by atoms with E-state index in [2.05, 4.69) is 10.6 Å². The van der Waals surface area contributed by atoms with Crippen LogP contribution in [-0.4, -0.2) is 12.5 Å².